The van der Waals surface area contributed by atoms with E-state index in [1.165, 1.54) is 0 Å². The number of anilines is 2. The Hall–Kier alpha value is -1.36. The first-order chi connectivity index (χ1) is 6.57. The van der Waals surface area contributed by atoms with Crippen LogP contribution in [0.2, 0.25) is 0 Å². The van der Waals surface area contributed by atoms with E-state index < -0.39 is 0 Å². The summed E-state index contributed by atoms with van der Waals surface area (Å²) < 4.78 is 0. The molecule has 78 valence electrons. The second-order valence-corrected chi connectivity index (χ2v) is 3.80. The summed E-state index contributed by atoms with van der Waals surface area (Å²) in [5, 5.41) is 3.27. The van der Waals surface area contributed by atoms with Crippen LogP contribution >= 0.6 is 0 Å². The van der Waals surface area contributed by atoms with Crippen LogP contribution in [0.15, 0.2) is 12.4 Å². The lowest BCUT2D eigenvalue weighted by atomic mass is 10.0. The summed E-state index contributed by atoms with van der Waals surface area (Å²) in [6.45, 7) is 6.33. The highest BCUT2D eigenvalue weighted by Gasteiger charge is 2.14. The minimum absolute atomic E-state index is 0.0158. The molecule has 0 unspecified atom stereocenters. The molecule has 0 aliphatic rings. The molecular weight excluding hydrogens is 178 g/mol. The van der Waals surface area contributed by atoms with Crippen LogP contribution in [0.25, 0.3) is 0 Å². The zero-order valence-electron chi connectivity index (χ0n) is 8.83. The Kier molecular flexibility index (Phi) is 3.24. The normalized spacial score (nSPS) is 11.1. The summed E-state index contributed by atoms with van der Waals surface area (Å²) in [7, 11) is 0. The molecule has 1 aromatic rings. The minimum atomic E-state index is 0.0158. The Balaban J connectivity index is 2.76. The van der Waals surface area contributed by atoms with Crippen molar-refractivity contribution in [1.29, 1.82) is 0 Å². The van der Waals surface area contributed by atoms with E-state index in [-0.39, 0.29) is 5.54 Å². The van der Waals surface area contributed by atoms with Gasteiger partial charge in [-0.1, -0.05) is 6.92 Å². The van der Waals surface area contributed by atoms with Gasteiger partial charge in [0.25, 0.3) is 0 Å². The maximum atomic E-state index is 5.23. The van der Waals surface area contributed by atoms with Crippen molar-refractivity contribution in [1.82, 2.24) is 9.97 Å². The van der Waals surface area contributed by atoms with Crippen molar-refractivity contribution in [3.63, 3.8) is 0 Å². The number of hydrogen-bond donors (Lipinski definition) is 3. The molecule has 1 heterocycles. The second kappa shape index (κ2) is 4.23. The molecule has 0 bridgehead atoms. The monoisotopic (exact) mass is 195 g/mol. The van der Waals surface area contributed by atoms with Gasteiger partial charge in [-0.3, -0.25) is 4.98 Å². The summed E-state index contributed by atoms with van der Waals surface area (Å²) in [6, 6.07) is 0. The zero-order chi connectivity index (χ0) is 10.6. The molecule has 0 aliphatic carbocycles. The maximum Gasteiger partial charge on any atom is 0.160 e. The van der Waals surface area contributed by atoms with Crippen LogP contribution in [-0.2, 0) is 0 Å². The van der Waals surface area contributed by atoms with Gasteiger partial charge in [-0.05, 0) is 20.3 Å². The van der Waals surface area contributed by atoms with E-state index in [4.69, 9.17) is 5.84 Å². The van der Waals surface area contributed by atoms with E-state index in [0.717, 1.165) is 12.2 Å². The van der Waals surface area contributed by atoms with Crippen LogP contribution in [0.3, 0.4) is 0 Å². The molecule has 0 saturated carbocycles. The first-order valence-electron chi connectivity index (χ1n) is 4.64. The summed E-state index contributed by atoms with van der Waals surface area (Å²) in [6.07, 6.45) is 4.26. The molecule has 4 N–H and O–H groups in total. The van der Waals surface area contributed by atoms with Gasteiger partial charge in [0.15, 0.2) is 5.82 Å². The predicted octanol–water partition coefficient (Wildman–Crippen LogP) is 1.36. The topological polar surface area (TPSA) is 75.9 Å². The lowest BCUT2D eigenvalue weighted by Crippen LogP contribution is -2.30. The number of hydrogen-bond acceptors (Lipinski definition) is 5. The predicted molar refractivity (Wildman–Crippen MR) is 57.8 cm³/mol. The van der Waals surface area contributed by atoms with Crippen molar-refractivity contribution < 1.29 is 0 Å². The third-order valence-corrected chi connectivity index (χ3v) is 2.13. The molecule has 0 atom stereocenters. The van der Waals surface area contributed by atoms with E-state index in [9.17, 15) is 0 Å². The van der Waals surface area contributed by atoms with E-state index in [1.807, 2.05) is 0 Å². The molecule has 0 aliphatic heterocycles. The van der Waals surface area contributed by atoms with E-state index >= 15 is 0 Å². The van der Waals surface area contributed by atoms with E-state index in [2.05, 4.69) is 41.5 Å². The van der Waals surface area contributed by atoms with Crippen molar-refractivity contribution in [2.24, 2.45) is 5.84 Å². The largest absolute Gasteiger partial charge is 0.364 e. The zero-order valence-corrected chi connectivity index (χ0v) is 8.83. The quantitative estimate of drug-likeness (QED) is 0.499. The van der Waals surface area contributed by atoms with Gasteiger partial charge in [0.05, 0.1) is 12.4 Å². The standard InChI is InChI=1S/C9H17N5/c1-4-9(2,3)13-7-5-11-6-8(12-7)14-10/h5-6H,4,10H2,1-3H3,(H2,12,13,14). The third kappa shape index (κ3) is 2.85. The van der Waals surface area contributed by atoms with Crippen LogP contribution in [0, 0.1) is 0 Å². The molecule has 0 radical (unpaired) electrons. The molecule has 5 heteroatoms. The SMILES string of the molecule is CCC(C)(C)Nc1cncc(NN)n1. The summed E-state index contributed by atoms with van der Waals surface area (Å²) >= 11 is 0. The Morgan fingerprint density at radius 1 is 1.36 bits per heavy atom. The van der Waals surface area contributed by atoms with Crippen LogP contribution in [0.4, 0.5) is 11.6 Å². The molecule has 0 saturated heterocycles. The second-order valence-electron chi connectivity index (χ2n) is 3.80. The lowest BCUT2D eigenvalue weighted by molar-refractivity contribution is 0.544. The minimum Gasteiger partial charge on any atom is -0.364 e. The van der Waals surface area contributed by atoms with Gasteiger partial charge in [0, 0.05) is 5.54 Å². The Labute approximate surface area is 84.1 Å². The van der Waals surface area contributed by atoms with Crippen LogP contribution in [0.1, 0.15) is 27.2 Å². The van der Waals surface area contributed by atoms with Gasteiger partial charge in [0.2, 0.25) is 0 Å². The van der Waals surface area contributed by atoms with Gasteiger partial charge >= 0.3 is 0 Å². The summed E-state index contributed by atoms with van der Waals surface area (Å²) in [5.41, 5.74) is 2.47. The fourth-order valence-corrected chi connectivity index (χ4v) is 0.931. The average molecular weight is 195 g/mol. The highest BCUT2D eigenvalue weighted by atomic mass is 15.3. The fourth-order valence-electron chi connectivity index (χ4n) is 0.931. The number of hydrazine groups is 1. The first-order valence-corrected chi connectivity index (χ1v) is 4.64. The molecule has 0 amide bonds. The number of nitrogen functional groups attached to an aromatic ring is 1. The third-order valence-electron chi connectivity index (χ3n) is 2.13. The number of nitrogens with one attached hydrogen (secondary N) is 2. The number of rotatable bonds is 4. The molecule has 0 spiro atoms. The number of nitrogens with zero attached hydrogens (tertiary/aromatic N) is 2. The van der Waals surface area contributed by atoms with Gasteiger partial charge in [-0.15, -0.1) is 0 Å². The lowest BCUT2D eigenvalue weighted by Gasteiger charge is -2.24. The molecule has 1 aromatic heterocycles. The van der Waals surface area contributed by atoms with E-state index in [0.29, 0.717) is 5.82 Å². The molecular formula is C9H17N5. The summed E-state index contributed by atoms with van der Waals surface area (Å²) in [4.78, 5) is 8.22. The molecule has 0 aromatic carbocycles. The average Bonchev–Trinajstić information content (AvgIpc) is 2.17. The van der Waals surface area contributed by atoms with Crippen LogP contribution < -0.4 is 16.6 Å². The van der Waals surface area contributed by atoms with E-state index in [1.54, 1.807) is 12.4 Å². The number of aromatic nitrogens is 2. The van der Waals surface area contributed by atoms with Crippen molar-refractivity contribution in [2.75, 3.05) is 10.7 Å². The highest BCUT2D eigenvalue weighted by molar-refractivity contribution is 5.42. The molecule has 5 nitrogen and oxygen atoms in total. The Morgan fingerprint density at radius 3 is 2.57 bits per heavy atom. The first kappa shape index (κ1) is 10.7. The number of nitrogens with two attached hydrogens (primary N) is 1. The van der Waals surface area contributed by atoms with Gasteiger partial charge in [-0.2, -0.15) is 0 Å². The maximum absolute atomic E-state index is 5.23. The van der Waals surface area contributed by atoms with Crippen molar-refractivity contribution >= 4 is 11.6 Å². The van der Waals surface area contributed by atoms with Crippen molar-refractivity contribution in [3.05, 3.63) is 12.4 Å². The van der Waals surface area contributed by atoms with Gasteiger partial charge in [-0.25, -0.2) is 10.8 Å². The molecule has 14 heavy (non-hydrogen) atoms. The van der Waals surface area contributed by atoms with Gasteiger partial charge in [0.1, 0.15) is 5.82 Å². The molecule has 0 fully saturated rings. The Morgan fingerprint density at radius 2 is 2.00 bits per heavy atom. The van der Waals surface area contributed by atoms with Crippen molar-refractivity contribution in [3.8, 4) is 0 Å². The molecule has 1 rings (SSSR count). The highest BCUT2D eigenvalue weighted by Crippen LogP contribution is 2.15. The smallest absolute Gasteiger partial charge is 0.160 e. The van der Waals surface area contributed by atoms with Crippen molar-refractivity contribution in [2.45, 2.75) is 32.7 Å². The van der Waals surface area contributed by atoms with Crippen LogP contribution in [-0.4, -0.2) is 15.5 Å². The summed E-state index contributed by atoms with van der Waals surface area (Å²) in [5.74, 6) is 6.52. The fraction of sp³-hybridized carbons (Fsp3) is 0.556. The van der Waals surface area contributed by atoms with Crippen LogP contribution in [0.5, 0.6) is 0 Å². The Bertz CT molecular complexity index is 297. The van der Waals surface area contributed by atoms with Gasteiger partial charge < -0.3 is 10.7 Å².